The first-order chi connectivity index (χ1) is 23.5. The molecule has 1 unspecified atom stereocenters. The molecule has 0 bridgehead atoms. The summed E-state index contributed by atoms with van der Waals surface area (Å²) in [6, 6.07) is 11.5. The number of hydrogen-bond donors (Lipinski definition) is 3. The van der Waals surface area contributed by atoms with Gasteiger partial charge in [0.05, 0.1) is 25.4 Å². The van der Waals surface area contributed by atoms with E-state index in [-0.39, 0.29) is 29.8 Å². The van der Waals surface area contributed by atoms with Gasteiger partial charge < -0.3 is 23.8 Å². The van der Waals surface area contributed by atoms with Crippen LogP contribution in [0.3, 0.4) is 0 Å². The zero-order valence-electron chi connectivity index (χ0n) is 27.6. The Morgan fingerprint density at radius 3 is 2.59 bits per heavy atom. The lowest BCUT2D eigenvalue weighted by molar-refractivity contribution is -0.154. The fourth-order valence-electron chi connectivity index (χ4n) is 5.83. The monoisotopic (exact) mass is 699 g/mol. The van der Waals surface area contributed by atoms with Crippen LogP contribution >= 0.6 is 7.75 Å². The predicted molar refractivity (Wildman–Crippen MR) is 180 cm³/mol. The molecule has 1 aliphatic heterocycles. The molecule has 14 nitrogen and oxygen atoms in total. The van der Waals surface area contributed by atoms with E-state index in [0.29, 0.717) is 5.39 Å². The molecule has 1 saturated heterocycles. The number of esters is 2. The van der Waals surface area contributed by atoms with E-state index in [1.54, 1.807) is 32.0 Å². The Kier molecular flexibility index (Phi) is 11.9. The highest BCUT2D eigenvalue weighted by Crippen LogP contribution is 2.48. The largest absolute Gasteiger partial charge is 0.466 e. The van der Waals surface area contributed by atoms with Crippen LogP contribution in [0.15, 0.2) is 64.3 Å². The highest BCUT2D eigenvalue weighted by Gasteiger charge is 2.41. The number of methoxy groups -OCH3 is 1. The highest BCUT2D eigenvalue weighted by atomic mass is 31.2. The van der Waals surface area contributed by atoms with Crippen LogP contribution < -0.4 is 20.9 Å². The Morgan fingerprint density at radius 2 is 1.86 bits per heavy atom. The van der Waals surface area contributed by atoms with Gasteiger partial charge in [-0.25, -0.2) is 14.2 Å². The third-order valence-corrected chi connectivity index (χ3v) is 10.1. The summed E-state index contributed by atoms with van der Waals surface area (Å²) in [6.45, 7) is 3.11. The third kappa shape index (κ3) is 9.14. The van der Waals surface area contributed by atoms with Crippen molar-refractivity contribution in [1.29, 1.82) is 0 Å². The van der Waals surface area contributed by atoms with Crippen LogP contribution in [0.25, 0.3) is 16.8 Å². The Morgan fingerprint density at radius 1 is 1.12 bits per heavy atom. The van der Waals surface area contributed by atoms with Crippen molar-refractivity contribution in [3.8, 4) is 5.75 Å². The van der Waals surface area contributed by atoms with E-state index < -0.39 is 62.0 Å². The Labute approximate surface area is 282 Å². The minimum absolute atomic E-state index is 0.0279. The fraction of sp³-hybridized carbons (Fsp3) is 0.471. The molecule has 2 aliphatic rings. The predicted octanol–water partition coefficient (Wildman–Crippen LogP) is 4.22. The number of nitrogens with one attached hydrogen (secondary N) is 2. The van der Waals surface area contributed by atoms with Crippen LogP contribution in [0.2, 0.25) is 0 Å². The van der Waals surface area contributed by atoms with Crippen molar-refractivity contribution in [1.82, 2.24) is 14.6 Å². The van der Waals surface area contributed by atoms with Crippen LogP contribution in [0.5, 0.6) is 5.75 Å². The number of aromatic nitrogens is 2. The molecule has 2 aromatic carbocycles. The molecule has 1 aromatic heterocycles. The standard InChI is InChI=1S/C34H42N3O11P/c1-21(2)31(33(41)46-24-12-5-4-6-13-24)36-49(43,48-27-15-9-11-22-10-7-8-14-25(22)27)45-20-28-26(38)18-29(47-28)37-19-23(16-17-30(39)44-3)32(40)35-34(37)42/h7-11,14-17,19,21,24,26,28-29,31,38H,4-6,12-13,18,20H2,1-3H3,(H,36,43)(H,35,40,42)/b17-16+/t26-,28+,29+,31-,49?/m0/s1. The van der Waals surface area contributed by atoms with Gasteiger partial charge in [0.1, 0.15) is 30.2 Å². The summed E-state index contributed by atoms with van der Waals surface area (Å²) in [5, 5.41) is 15.2. The number of fused-ring (bicyclic) bond motifs is 1. The summed E-state index contributed by atoms with van der Waals surface area (Å²) < 4.78 is 44.0. The number of aromatic amines is 1. The molecule has 0 radical (unpaired) electrons. The lowest BCUT2D eigenvalue weighted by Gasteiger charge is -2.30. The number of H-pyrrole nitrogens is 1. The lowest BCUT2D eigenvalue weighted by Crippen LogP contribution is -2.43. The van der Waals surface area contributed by atoms with Crippen LogP contribution in [0.4, 0.5) is 0 Å². The smallest absolute Gasteiger partial charge is 0.459 e. The number of carbonyl (C=O) groups excluding carboxylic acids is 2. The first kappa shape index (κ1) is 36.2. The molecule has 15 heteroatoms. The van der Waals surface area contributed by atoms with Gasteiger partial charge in [0.2, 0.25) is 0 Å². The summed E-state index contributed by atoms with van der Waals surface area (Å²) in [6.07, 6.45) is 4.32. The topological polar surface area (TPSA) is 184 Å². The quantitative estimate of drug-likeness (QED) is 0.131. The number of aliphatic hydroxyl groups excluding tert-OH is 1. The first-order valence-corrected chi connectivity index (χ1v) is 17.9. The molecule has 5 rings (SSSR count). The van der Waals surface area contributed by atoms with Crippen LogP contribution in [0.1, 0.15) is 64.2 Å². The molecule has 0 amide bonds. The van der Waals surface area contributed by atoms with E-state index >= 15 is 0 Å². The Hall–Kier alpha value is -4.07. The van der Waals surface area contributed by atoms with Gasteiger partial charge in [0.25, 0.3) is 5.56 Å². The van der Waals surface area contributed by atoms with Crippen molar-refractivity contribution in [2.24, 2.45) is 5.92 Å². The molecule has 49 heavy (non-hydrogen) atoms. The molecule has 1 saturated carbocycles. The highest BCUT2D eigenvalue weighted by molar-refractivity contribution is 7.52. The lowest BCUT2D eigenvalue weighted by atomic mass is 9.97. The number of nitrogens with zero attached hydrogens (tertiary/aromatic N) is 1. The van der Waals surface area contributed by atoms with Crippen LogP contribution in [-0.2, 0) is 32.9 Å². The maximum Gasteiger partial charge on any atom is 0.459 e. The minimum Gasteiger partial charge on any atom is -0.466 e. The zero-order chi connectivity index (χ0) is 35.1. The van der Waals surface area contributed by atoms with E-state index in [1.165, 1.54) is 19.4 Å². The summed E-state index contributed by atoms with van der Waals surface area (Å²) in [4.78, 5) is 52.1. The van der Waals surface area contributed by atoms with Crippen molar-refractivity contribution in [2.45, 2.75) is 83.0 Å². The van der Waals surface area contributed by atoms with E-state index in [0.717, 1.165) is 48.1 Å². The molecule has 264 valence electrons. The number of rotatable bonds is 13. The van der Waals surface area contributed by atoms with Crippen molar-refractivity contribution in [2.75, 3.05) is 13.7 Å². The molecule has 2 fully saturated rings. The average molecular weight is 700 g/mol. The second kappa shape index (κ2) is 16.1. The van der Waals surface area contributed by atoms with Gasteiger partial charge >= 0.3 is 25.4 Å². The molecular weight excluding hydrogens is 657 g/mol. The van der Waals surface area contributed by atoms with Crippen molar-refractivity contribution in [3.05, 3.63) is 81.1 Å². The molecule has 1 aliphatic carbocycles. The maximum absolute atomic E-state index is 14.6. The normalized spacial score (nSPS) is 21.9. The molecule has 3 N–H and O–H groups in total. The summed E-state index contributed by atoms with van der Waals surface area (Å²) in [7, 11) is -3.21. The summed E-state index contributed by atoms with van der Waals surface area (Å²) in [5.74, 6) is -1.39. The second-order valence-electron chi connectivity index (χ2n) is 12.4. The van der Waals surface area contributed by atoms with E-state index in [1.807, 2.05) is 24.3 Å². The molecular formula is C34H42N3O11P. The Bertz CT molecular complexity index is 1830. The van der Waals surface area contributed by atoms with E-state index in [9.17, 15) is 28.8 Å². The van der Waals surface area contributed by atoms with E-state index in [4.69, 9.17) is 18.5 Å². The SMILES string of the molecule is COC(=O)/C=C/c1cn([C@H]2C[C@H](O)[C@@H](COP(=O)(N[C@H](C(=O)OC3CCCCC3)C(C)C)Oc3cccc4ccccc34)O2)c(=O)[nH]c1=O. The summed E-state index contributed by atoms with van der Waals surface area (Å²) in [5.41, 5.74) is -1.57. The van der Waals surface area contributed by atoms with Gasteiger partial charge in [-0.05, 0) is 49.1 Å². The van der Waals surface area contributed by atoms with Gasteiger partial charge in [0, 0.05) is 24.1 Å². The second-order valence-corrected chi connectivity index (χ2v) is 14.1. The van der Waals surface area contributed by atoms with Crippen molar-refractivity contribution >= 4 is 36.5 Å². The zero-order valence-corrected chi connectivity index (χ0v) is 28.5. The molecule has 5 atom stereocenters. The van der Waals surface area contributed by atoms with Gasteiger partial charge in [-0.3, -0.25) is 23.7 Å². The van der Waals surface area contributed by atoms with Crippen molar-refractivity contribution in [3.63, 3.8) is 0 Å². The number of hydrogen-bond acceptors (Lipinski definition) is 11. The Balaban J connectivity index is 1.37. The minimum atomic E-state index is -4.39. The summed E-state index contributed by atoms with van der Waals surface area (Å²) >= 11 is 0. The van der Waals surface area contributed by atoms with Crippen LogP contribution in [0, 0.1) is 5.92 Å². The molecule has 2 heterocycles. The number of carbonyl (C=O) groups is 2. The number of aliphatic hydroxyl groups is 1. The van der Waals surface area contributed by atoms with Crippen LogP contribution in [-0.4, -0.2) is 64.7 Å². The molecule has 0 spiro atoms. The van der Waals surface area contributed by atoms with E-state index in [2.05, 4.69) is 14.8 Å². The maximum atomic E-state index is 14.6. The van der Waals surface area contributed by atoms with Gasteiger partial charge in [-0.1, -0.05) is 56.7 Å². The third-order valence-electron chi connectivity index (χ3n) is 8.54. The fourth-order valence-corrected chi connectivity index (χ4v) is 7.51. The van der Waals surface area contributed by atoms with Gasteiger partial charge in [-0.15, -0.1) is 0 Å². The number of benzene rings is 2. The average Bonchev–Trinajstić information content (AvgIpc) is 3.46. The first-order valence-electron chi connectivity index (χ1n) is 16.3. The van der Waals surface area contributed by atoms with Gasteiger partial charge in [-0.2, -0.15) is 5.09 Å². The van der Waals surface area contributed by atoms with Crippen molar-refractivity contribution < 1.29 is 42.5 Å². The molecule has 3 aromatic rings. The number of ether oxygens (including phenoxy) is 3. The van der Waals surface area contributed by atoms with Gasteiger partial charge in [0.15, 0.2) is 0 Å².